The number of para-hydroxylation sites is 1. The molecule has 0 aliphatic heterocycles. The van der Waals surface area contributed by atoms with E-state index in [9.17, 15) is 14.0 Å². The topological polar surface area (TPSA) is 66.4 Å². The molecule has 0 atom stereocenters. The molecule has 1 amide bonds. The van der Waals surface area contributed by atoms with Crippen LogP contribution in [0.4, 0.5) is 10.1 Å². The van der Waals surface area contributed by atoms with Crippen molar-refractivity contribution in [3.8, 4) is 11.1 Å². The Morgan fingerprint density at radius 2 is 1.81 bits per heavy atom. The fraction of sp³-hybridized carbons (Fsp3) is 0.100. The van der Waals surface area contributed by atoms with Crippen LogP contribution < -0.4 is 5.32 Å². The Bertz CT molecular complexity index is 963. The first-order chi connectivity index (χ1) is 12.4. The lowest BCUT2D eigenvalue weighted by Crippen LogP contribution is -2.13. The van der Waals surface area contributed by atoms with E-state index in [0.29, 0.717) is 16.1 Å². The van der Waals surface area contributed by atoms with E-state index in [1.807, 2.05) is 6.92 Å². The third kappa shape index (κ3) is 3.97. The number of nitrogens with one attached hydrogen (secondary N) is 1. The van der Waals surface area contributed by atoms with Gasteiger partial charge in [0.15, 0.2) is 0 Å². The van der Waals surface area contributed by atoms with Crippen LogP contribution in [-0.2, 0) is 11.2 Å². The second-order valence-electron chi connectivity index (χ2n) is 5.77. The van der Waals surface area contributed by atoms with Crippen molar-refractivity contribution in [2.24, 2.45) is 0 Å². The van der Waals surface area contributed by atoms with Crippen molar-refractivity contribution in [3.63, 3.8) is 0 Å². The predicted octanol–water partition coefficient (Wildman–Crippen LogP) is 4.74. The molecule has 0 bridgehead atoms. The highest BCUT2D eigenvalue weighted by atomic mass is 32.1. The SMILES string of the molecule is Cc1sc(C(=O)Nc2ccccc2CC(=O)O)cc1-c1ccc(F)cc1. The average molecular weight is 369 g/mol. The van der Waals surface area contributed by atoms with E-state index in [1.54, 1.807) is 42.5 Å². The Morgan fingerprint density at radius 1 is 1.12 bits per heavy atom. The quantitative estimate of drug-likeness (QED) is 0.682. The minimum atomic E-state index is -0.961. The Balaban J connectivity index is 1.85. The Hall–Kier alpha value is -2.99. The van der Waals surface area contributed by atoms with E-state index in [1.165, 1.54) is 23.5 Å². The molecule has 0 saturated carbocycles. The van der Waals surface area contributed by atoms with E-state index in [4.69, 9.17) is 5.11 Å². The van der Waals surface area contributed by atoms with Crippen LogP contribution in [0.15, 0.2) is 54.6 Å². The van der Waals surface area contributed by atoms with Crippen LogP contribution in [0.2, 0.25) is 0 Å². The highest BCUT2D eigenvalue weighted by molar-refractivity contribution is 7.14. The highest BCUT2D eigenvalue weighted by Gasteiger charge is 2.16. The Labute approximate surface area is 153 Å². The van der Waals surface area contributed by atoms with Crippen LogP contribution in [0.25, 0.3) is 11.1 Å². The van der Waals surface area contributed by atoms with E-state index >= 15 is 0 Å². The lowest BCUT2D eigenvalue weighted by atomic mass is 10.1. The number of aryl methyl sites for hydroxylation is 1. The molecule has 0 radical (unpaired) electrons. The summed E-state index contributed by atoms with van der Waals surface area (Å²) >= 11 is 1.34. The number of carboxylic acid groups (broad SMARTS) is 1. The molecule has 26 heavy (non-hydrogen) atoms. The fourth-order valence-electron chi connectivity index (χ4n) is 2.65. The van der Waals surface area contributed by atoms with E-state index in [2.05, 4.69) is 5.32 Å². The molecule has 6 heteroatoms. The summed E-state index contributed by atoms with van der Waals surface area (Å²) in [6.07, 6.45) is -0.166. The minimum Gasteiger partial charge on any atom is -0.481 e. The fourth-order valence-corrected chi connectivity index (χ4v) is 3.59. The number of hydrogen-bond acceptors (Lipinski definition) is 3. The van der Waals surface area contributed by atoms with E-state index < -0.39 is 5.97 Å². The van der Waals surface area contributed by atoms with Crippen molar-refractivity contribution in [3.05, 3.63) is 75.7 Å². The number of carbonyl (C=O) groups is 2. The summed E-state index contributed by atoms with van der Waals surface area (Å²) in [5.41, 5.74) is 2.74. The number of aliphatic carboxylic acids is 1. The second kappa shape index (κ2) is 7.49. The lowest BCUT2D eigenvalue weighted by molar-refractivity contribution is -0.136. The molecule has 2 N–H and O–H groups in total. The third-order valence-corrected chi connectivity index (χ3v) is 4.95. The number of halogens is 1. The van der Waals surface area contributed by atoms with Gasteiger partial charge < -0.3 is 10.4 Å². The molecule has 4 nitrogen and oxygen atoms in total. The zero-order valence-electron chi connectivity index (χ0n) is 14.0. The van der Waals surface area contributed by atoms with Crippen LogP contribution in [-0.4, -0.2) is 17.0 Å². The molecule has 132 valence electrons. The average Bonchev–Trinajstić information content (AvgIpc) is 2.99. The van der Waals surface area contributed by atoms with Gasteiger partial charge >= 0.3 is 5.97 Å². The van der Waals surface area contributed by atoms with Gasteiger partial charge in [-0.25, -0.2) is 4.39 Å². The van der Waals surface area contributed by atoms with Crippen LogP contribution in [0.5, 0.6) is 0 Å². The monoisotopic (exact) mass is 369 g/mol. The van der Waals surface area contributed by atoms with Gasteiger partial charge in [0.25, 0.3) is 5.91 Å². The standard InChI is InChI=1S/C20H16FNO3S/c1-12-16(13-6-8-15(21)9-7-13)11-18(26-12)20(25)22-17-5-3-2-4-14(17)10-19(23)24/h2-9,11H,10H2,1H3,(H,22,25)(H,23,24). The number of amides is 1. The molecule has 0 saturated heterocycles. The maximum atomic E-state index is 13.1. The maximum Gasteiger partial charge on any atom is 0.307 e. The first-order valence-corrected chi connectivity index (χ1v) is 8.73. The predicted molar refractivity (Wildman–Crippen MR) is 100 cm³/mol. The van der Waals surface area contributed by atoms with Crippen LogP contribution in [0.1, 0.15) is 20.1 Å². The van der Waals surface area contributed by atoms with Gasteiger partial charge in [0.2, 0.25) is 0 Å². The number of hydrogen-bond donors (Lipinski definition) is 2. The summed E-state index contributed by atoms with van der Waals surface area (Å²) in [4.78, 5) is 25.0. The molecule has 2 aromatic carbocycles. The molecular formula is C20H16FNO3S. The van der Waals surface area contributed by atoms with Crippen molar-refractivity contribution in [1.29, 1.82) is 0 Å². The number of rotatable bonds is 5. The van der Waals surface area contributed by atoms with Gasteiger partial charge in [-0.15, -0.1) is 11.3 Å². The molecule has 0 spiro atoms. The third-order valence-electron chi connectivity index (χ3n) is 3.90. The Kier molecular flexibility index (Phi) is 5.14. The molecule has 3 rings (SSSR count). The number of anilines is 1. The molecule has 1 heterocycles. The van der Waals surface area contributed by atoms with Crippen LogP contribution >= 0.6 is 11.3 Å². The van der Waals surface area contributed by atoms with Crippen LogP contribution in [0, 0.1) is 12.7 Å². The van der Waals surface area contributed by atoms with Gasteiger partial charge in [-0.05, 0) is 47.9 Å². The second-order valence-corrected chi connectivity index (χ2v) is 7.03. The lowest BCUT2D eigenvalue weighted by Gasteiger charge is -2.08. The van der Waals surface area contributed by atoms with Crippen molar-refractivity contribution in [1.82, 2.24) is 0 Å². The zero-order valence-corrected chi connectivity index (χ0v) is 14.8. The van der Waals surface area contributed by atoms with Gasteiger partial charge in [-0.1, -0.05) is 30.3 Å². The molecule has 0 aliphatic rings. The normalized spacial score (nSPS) is 10.5. The number of benzene rings is 2. The number of carbonyl (C=O) groups excluding carboxylic acids is 1. The first kappa shape index (κ1) is 17.8. The first-order valence-electron chi connectivity index (χ1n) is 7.91. The van der Waals surface area contributed by atoms with Gasteiger partial charge in [0, 0.05) is 10.6 Å². The van der Waals surface area contributed by atoms with Crippen molar-refractivity contribution in [2.75, 3.05) is 5.32 Å². The summed E-state index contributed by atoms with van der Waals surface area (Å²) in [7, 11) is 0. The van der Waals surface area contributed by atoms with Gasteiger partial charge in [0.1, 0.15) is 5.82 Å². The molecular weight excluding hydrogens is 353 g/mol. The smallest absolute Gasteiger partial charge is 0.307 e. The van der Waals surface area contributed by atoms with Crippen molar-refractivity contribution < 1.29 is 19.1 Å². The van der Waals surface area contributed by atoms with E-state index in [0.717, 1.165) is 16.0 Å². The maximum absolute atomic E-state index is 13.1. The molecule has 1 aromatic heterocycles. The molecule has 3 aromatic rings. The molecule has 0 unspecified atom stereocenters. The van der Waals surface area contributed by atoms with Crippen molar-refractivity contribution in [2.45, 2.75) is 13.3 Å². The van der Waals surface area contributed by atoms with Gasteiger partial charge in [0.05, 0.1) is 11.3 Å². The van der Waals surface area contributed by atoms with Crippen LogP contribution in [0.3, 0.4) is 0 Å². The zero-order chi connectivity index (χ0) is 18.7. The summed E-state index contributed by atoms with van der Waals surface area (Å²) in [5.74, 6) is -1.57. The summed E-state index contributed by atoms with van der Waals surface area (Å²) in [6, 6.07) is 14.7. The van der Waals surface area contributed by atoms with Crippen molar-refractivity contribution >= 4 is 28.9 Å². The minimum absolute atomic E-state index is 0.166. The van der Waals surface area contributed by atoms with E-state index in [-0.39, 0.29) is 18.1 Å². The molecule has 0 aliphatic carbocycles. The number of carboxylic acids is 1. The van der Waals surface area contributed by atoms with Gasteiger partial charge in [-0.2, -0.15) is 0 Å². The number of thiophene rings is 1. The Morgan fingerprint density at radius 3 is 2.50 bits per heavy atom. The summed E-state index contributed by atoms with van der Waals surface area (Å²) in [6.45, 7) is 1.90. The van der Waals surface area contributed by atoms with Gasteiger partial charge in [-0.3, -0.25) is 9.59 Å². The molecule has 0 fully saturated rings. The summed E-state index contributed by atoms with van der Waals surface area (Å²) < 4.78 is 13.1. The largest absolute Gasteiger partial charge is 0.481 e. The highest BCUT2D eigenvalue weighted by Crippen LogP contribution is 2.31. The summed E-state index contributed by atoms with van der Waals surface area (Å²) in [5, 5.41) is 11.8.